The highest BCUT2D eigenvalue weighted by Gasteiger charge is 2.10. The Hall–Kier alpha value is -3.41. The van der Waals surface area contributed by atoms with Crippen LogP contribution in [0, 0.1) is 0 Å². The molecule has 26 heavy (non-hydrogen) atoms. The van der Waals surface area contributed by atoms with Crippen LogP contribution >= 0.6 is 0 Å². The molecule has 0 amide bonds. The minimum Gasteiger partial charge on any atom is -0.394 e. The number of anilines is 1. The van der Waals surface area contributed by atoms with Crippen LogP contribution < -0.4 is 11.2 Å². The average molecular weight is 345 g/mol. The third-order valence-corrected chi connectivity index (χ3v) is 4.50. The average Bonchev–Trinajstić information content (AvgIpc) is 3.09. The molecule has 1 aromatic carbocycles. The first-order chi connectivity index (χ1) is 12.6. The minimum absolute atomic E-state index is 0.166. The van der Waals surface area contributed by atoms with E-state index in [4.69, 9.17) is 5.73 Å². The van der Waals surface area contributed by atoms with Gasteiger partial charge in [-0.15, -0.1) is 0 Å². The number of nitrogens with zero attached hydrogens (tertiary/aromatic N) is 3. The van der Waals surface area contributed by atoms with Crippen LogP contribution in [-0.4, -0.2) is 19.7 Å². The van der Waals surface area contributed by atoms with Crippen LogP contribution in [0.25, 0.3) is 22.2 Å². The van der Waals surface area contributed by atoms with E-state index in [9.17, 15) is 4.79 Å². The third-order valence-electron chi connectivity index (χ3n) is 4.50. The van der Waals surface area contributed by atoms with Crippen molar-refractivity contribution in [3.05, 3.63) is 76.5 Å². The quantitative estimate of drug-likeness (QED) is 0.595. The first-order valence-corrected chi connectivity index (χ1v) is 8.44. The molecule has 4 rings (SSSR count). The van der Waals surface area contributed by atoms with Gasteiger partial charge in [-0.25, -0.2) is 0 Å². The van der Waals surface area contributed by atoms with Gasteiger partial charge < -0.3 is 10.7 Å². The second-order valence-electron chi connectivity index (χ2n) is 6.37. The first kappa shape index (κ1) is 16.1. The molecule has 0 saturated carbocycles. The molecule has 0 aliphatic rings. The van der Waals surface area contributed by atoms with Gasteiger partial charge in [0.05, 0.1) is 23.1 Å². The Morgan fingerprint density at radius 1 is 1.19 bits per heavy atom. The number of rotatable bonds is 4. The van der Waals surface area contributed by atoms with Crippen LogP contribution in [-0.2, 0) is 19.9 Å². The highest BCUT2D eigenvalue weighted by molar-refractivity contribution is 5.78. The summed E-state index contributed by atoms with van der Waals surface area (Å²) >= 11 is 0. The predicted octanol–water partition coefficient (Wildman–Crippen LogP) is 2.69. The second-order valence-corrected chi connectivity index (χ2v) is 6.37. The Bertz CT molecular complexity index is 1140. The number of aromatic amines is 1. The number of aryl methyl sites for hydroxylation is 3. The molecule has 3 heterocycles. The van der Waals surface area contributed by atoms with Gasteiger partial charge in [0.1, 0.15) is 0 Å². The van der Waals surface area contributed by atoms with Crippen LogP contribution in [0.5, 0.6) is 0 Å². The molecule has 0 radical (unpaired) electrons. The Kier molecular flexibility index (Phi) is 4.01. The zero-order chi connectivity index (χ0) is 18.1. The molecule has 0 aliphatic carbocycles. The van der Waals surface area contributed by atoms with Crippen molar-refractivity contribution < 1.29 is 0 Å². The lowest BCUT2D eigenvalue weighted by Gasteiger charge is -2.09. The first-order valence-electron chi connectivity index (χ1n) is 8.44. The van der Waals surface area contributed by atoms with E-state index in [1.54, 1.807) is 17.1 Å². The number of nitrogens with one attached hydrogen (secondary N) is 1. The lowest BCUT2D eigenvalue weighted by atomic mass is 10.0. The van der Waals surface area contributed by atoms with Crippen molar-refractivity contribution in [2.45, 2.75) is 12.8 Å². The Balaban J connectivity index is 1.62. The van der Waals surface area contributed by atoms with E-state index in [0.29, 0.717) is 6.42 Å². The second kappa shape index (κ2) is 6.48. The minimum atomic E-state index is -0.166. The normalized spacial score (nSPS) is 11.1. The fourth-order valence-corrected chi connectivity index (χ4v) is 3.09. The molecule has 3 aromatic heterocycles. The smallest absolute Gasteiger partial charge is 0.205 e. The third kappa shape index (κ3) is 3.09. The van der Waals surface area contributed by atoms with Gasteiger partial charge in [0.2, 0.25) is 5.43 Å². The number of nitrogen functional groups attached to an aromatic ring is 1. The summed E-state index contributed by atoms with van der Waals surface area (Å²) in [5, 5.41) is 5.26. The van der Waals surface area contributed by atoms with Gasteiger partial charge in [0.25, 0.3) is 0 Å². The fraction of sp³-hybridized carbons (Fsp3) is 0.150. The number of aromatic nitrogens is 4. The molecule has 0 fully saturated rings. The lowest BCUT2D eigenvalue weighted by Crippen LogP contribution is -2.13. The predicted molar refractivity (Wildman–Crippen MR) is 103 cm³/mol. The van der Waals surface area contributed by atoms with Gasteiger partial charge in [0, 0.05) is 42.2 Å². The number of H-pyrrole nitrogens is 1. The number of pyridine rings is 2. The number of benzene rings is 1. The Morgan fingerprint density at radius 2 is 2.08 bits per heavy atom. The van der Waals surface area contributed by atoms with Crippen molar-refractivity contribution in [3.63, 3.8) is 0 Å². The highest BCUT2D eigenvalue weighted by atomic mass is 16.1. The molecule has 0 unspecified atom stereocenters. The van der Waals surface area contributed by atoms with E-state index in [1.165, 1.54) is 11.6 Å². The molecule has 0 aliphatic heterocycles. The highest BCUT2D eigenvalue weighted by Crippen LogP contribution is 2.19. The van der Waals surface area contributed by atoms with Gasteiger partial charge in [-0.1, -0.05) is 12.1 Å². The molecule has 130 valence electrons. The molecule has 6 heteroatoms. The topological polar surface area (TPSA) is 89.6 Å². The summed E-state index contributed by atoms with van der Waals surface area (Å²) in [5.41, 5.74) is 10.6. The van der Waals surface area contributed by atoms with Crippen LogP contribution in [0.4, 0.5) is 5.69 Å². The van der Waals surface area contributed by atoms with Gasteiger partial charge in [-0.3, -0.25) is 14.5 Å². The Morgan fingerprint density at radius 3 is 2.88 bits per heavy atom. The van der Waals surface area contributed by atoms with Crippen molar-refractivity contribution in [1.82, 2.24) is 19.7 Å². The summed E-state index contributed by atoms with van der Waals surface area (Å²) in [6.45, 7) is 0. The van der Waals surface area contributed by atoms with E-state index < -0.39 is 0 Å². The number of hydrogen-bond donors (Lipinski definition) is 2. The largest absolute Gasteiger partial charge is 0.394 e. The summed E-state index contributed by atoms with van der Waals surface area (Å²) in [6.07, 6.45) is 6.81. The maximum Gasteiger partial charge on any atom is 0.205 e. The molecular weight excluding hydrogens is 326 g/mol. The number of hydrogen-bond acceptors (Lipinski definition) is 4. The summed E-state index contributed by atoms with van der Waals surface area (Å²) in [7, 11) is 1.84. The van der Waals surface area contributed by atoms with Crippen molar-refractivity contribution in [3.8, 4) is 11.3 Å². The van der Waals surface area contributed by atoms with Gasteiger partial charge in [0.15, 0.2) is 0 Å². The number of nitrogens with two attached hydrogens (primary N) is 1. The molecule has 0 saturated heterocycles. The maximum atomic E-state index is 12.2. The van der Waals surface area contributed by atoms with E-state index in [-0.39, 0.29) is 11.1 Å². The molecule has 0 atom stereocenters. The van der Waals surface area contributed by atoms with Crippen LogP contribution in [0.1, 0.15) is 11.3 Å². The van der Waals surface area contributed by atoms with E-state index >= 15 is 0 Å². The summed E-state index contributed by atoms with van der Waals surface area (Å²) in [4.78, 5) is 19.9. The monoisotopic (exact) mass is 345 g/mol. The fourth-order valence-electron chi connectivity index (χ4n) is 3.09. The lowest BCUT2D eigenvalue weighted by molar-refractivity contribution is 0.768. The molecular formula is C20H19N5O. The van der Waals surface area contributed by atoms with Crippen LogP contribution in [0.2, 0.25) is 0 Å². The summed E-state index contributed by atoms with van der Waals surface area (Å²) in [6, 6.07) is 11.7. The van der Waals surface area contributed by atoms with Crippen molar-refractivity contribution in [2.75, 3.05) is 5.73 Å². The zero-order valence-corrected chi connectivity index (χ0v) is 14.4. The molecule has 3 N–H and O–H groups in total. The number of fused-ring (bicyclic) bond motifs is 1. The van der Waals surface area contributed by atoms with Crippen molar-refractivity contribution >= 4 is 16.6 Å². The molecule has 0 bridgehead atoms. The summed E-state index contributed by atoms with van der Waals surface area (Å²) in [5.74, 6) is 0. The maximum absolute atomic E-state index is 12.2. The van der Waals surface area contributed by atoms with E-state index in [0.717, 1.165) is 34.3 Å². The van der Waals surface area contributed by atoms with Crippen LogP contribution in [0.3, 0.4) is 0 Å². The molecule has 4 aromatic rings. The molecule has 0 spiro atoms. The van der Waals surface area contributed by atoms with Gasteiger partial charge >= 0.3 is 0 Å². The zero-order valence-electron chi connectivity index (χ0n) is 14.4. The van der Waals surface area contributed by atoms with Gasteiger partial charge in [-0.05, 0) is 36.6 Å². The summed E-state index contributed by atoms with van der Waals surface area (Å²) < 4.78 is 1.70. The van der Waals surface area contributed by atoms with Crippen LogP contribution in [0.15, 0.2) is 59.8 Å². The van der Waals surface area contributed by atoms with Gasteiger partial charge in [-0.2, -0.15) is 5.10 Å². The molecule has 6 nitrogen and oxygen atoms in total. The van der Waals surface area contributed by atoms with E-state index in [2.05, 4.69) is 27.2 Å². The van der Waals surface area contributed by atoms with Crippen molar-refractivity contribution in [2.24, 2.45) is 7.05 Å². The van der Waals surface area contributed by atoms with E-state index in [1.807, 2.05) is 31.4 Å². The van der Waals surface area contributed by atoms with Crippen molar-refractivity contribution in [1.29, 1.82) is 0 Å². The standard InChI is InChI=1S/C20H19N5O/c1-25-12-15(11-23-25)18-10-19(26)20(21)17(24-18)7-5-13-4-6-16-14(9-13)3-2-8-22-16/h2-4,6,8-12H,5,7,21H2,1H3,(H,24,26). The SMILES string of the molecule is Cn1cc(-c2cc(=O)c(N)c(CCc3ccc4ncccc4c3)[nH]2)cn1. The Labute approximate surface area is 150 Å².